The molecule has 64 heavy (non-hydrogen) atoms. The minimum atomic E-state index is 0.554. The van der Waals surface area contributed by atoms with E-state index in [2.05, 4.69) is 202 Å². The van der Waals surface area contributed by atoms with Crippen molar-refractivity contribution < 1.29 is 0 Å². The Morgan fingerprint density at radius 1 is 0.359 bits per heavy atom. The normalized spacial score (nSPS) is 12.0. The van der Waals surface area contributed by atoms with Crippen LogP contribution in [0.25, 0.3) is 132 Å². The summed E-state index contributed by atoms with van der Waals surface area (Å²) < 4.78 is 4.69. The Labute approximate surface area is 366 Å². The number of pyridine rings is 2. The maximum atomic E-state index is 12.3. The highest BCUT2D eigenvalue weighted by molar-refractivity contribution is 6.36. The van der Waals surface area contributed by atoms with Gasteiger partial charge in [0.1, 0.15) is 17.3 Å². The third-order valence-corrected chi connectivity index (χ3v) is 13.6. The van der Waals surface area contributed by atoms with Crippen molar-refractivity contribution in [3.8, 4) is 50.8 Å². The number of benzene rings is 10. The molecule has 0 N–H and O–H groups in total. The van der Waals surface area contributed by atoms with E-state index in [1.807, 2.05) is 18.6 Å². The van der Waals surface area contributed by atoms with Crippen LogP contribution in [0.2, 0.25) is 0 Å². The van der Waals surface area contributed by atoms with E-state index in [9.17, 15) is 5.26 Å². The molecule has 0 radical (unpaired) electrons. The predicted octanol–water partition coefficient (Wildman–Crippen LogP) is 15.0. The standard InChI is InChI=1S/C59H33N5/c60-33-45-57(63-47-26-12-24-42-40-29-31-61-34-46(40)43-25-14-27-48(63)54(43)53(42)47)51(36-17-6-2-7-18-36)50(35-15-4-1-5-16-35)52(37-19-8-3-9-20-37)58(45)64-49-28-13-23-41-38-21-10-11-22-39(38)44-30-32-62-59(64)56(44)55(41)49/h1-32,34H. The molecule has 0 atom stereocenters. The van der Waals surface area contributed by atoms with Crippen LogP contribution < -0.4 is 0 Å². The fraction of sp³-hybridized carbons (Fsp3) is 0. The van der Waals surface area contributed by atoms with Crippen LogP contribution in [0.5, 0.6) is 0 Å². The molecule has 5 heteroatoms. The summed E-state index contributed by atoms with van der Waals surface area (Å²) in [7, 11) is 0. The second kappa shape index (κ2) is 13.1. The molecule has 0 aliphatic carbocycles. The molecule has 0 saturated heterocycles. The molecule has 0 aliphatic rings. The average molecular weight is 812 g/mol. The van der Waals surface area contributed by atoms with Crippen molar-refractivity contribution in [1.82, 2.24) is 19.1 Å². The highest BCUT2D eigenvalue weighted by Crippen LogP contribution is 2.54. The third kappa shape index (κ3) is 4.50. The van der Waals surface area contributed by atoms with Crippen molar-refractivity contribution in [2.24, 2.45) is 0 Å². The number of nitriles is 1. The van der Waals surface area contributed by atoms with Gasteiger partial charge in [-0.1, -0.05) is 152 Å². The molecule has 10 aromatic carbocycles. The quantitative estimate of drug-likeness (QED) is 0.163. The van der Waals surface area contributed by atoms with Gasteiger partial charge in [-0.3, -0.25) is 9.55 Å². The first kappa shape index (κ1) is 34.8. The lowest BCUT2D eigenvalue weighted by Crippen LogP contribution is -2.11. The zero-order valence-electron chi connectivity index (χ0n) is 34.3. The van der Waals surface area contributed by atoms with E-state index in [-0.39, 0.29) is 0 Å². The first-order valence-electron chi connectivity index (χ1n) is 21.6. The molecule has 4 heterocycles. The van der Waals surface area contributed by atoms with E-state index in [4.69, 9.17) is 4.98 Å². The summed E-state index contributed by atoms with van der Waals surface area (Å²) in [5.74, 6) is 0. The van der Waals surface area contributed by atoms with Crippen LogP contribution in [0.4, 0.5) is 0 Å². The van der Waals surface area contributed by atoms with Crippen LogP contribution in [0.3, 0.4) is 0 Å². The summed E-state index contributed by atoms with van der Waals surface area (Å²) in [4.78, 5) is 9.90. The van der Waals surface area contributed by atoms with E-state index in [0.29, 0.717) is 5.56 Å². The average Bonchev–Trinajstić information content (AvgIpc) is 3.89. The van der Waals surface area contributed by atoms with E-state index in [0.717, 1.165) is 115 Å². The van der Waals surface area contributed by atoms with Gasteiger partial charge in [0.25, 0.3) is 0 Å². The van der Waals surface area contributed by atoms with E-state index in [1.165, 1.54) is 16.2 Å². The van der Waals surface area contributed by atoms with E-state index < -0.39 is 0 Å². The zero-order valence-corrected chi connectivity index (χ0v) is 34.3. The molecule has 4 aromatic heterocycles. The van der Waals surface area contributed by atoms with Crippen LogP contribution in [-0.4, -0.2) is 19.1 Å². The molecule has 0 unspecified atom stereocenters. The second-order valence-electron chi connectivity index (χ2n) is 16.7. The van der Waals surface area contributed by atoms with Gasteiger partial charge in [-0.05, 0) is 84.7 Å². The molecule has 0 spiro atoms. The van der Waals surface area contributed by atoms with Gasteiger partial charge in [-0.25, -0.2) is 4.98 Å². The maximum absolute atomic E-state index is 12.3. The van der Waals surface area contributed by atoms with Gasteiger partial charge in [0.05, 0.1) is 27.9 Å². The topological polar surface area (TPSA) is 59.4 Å². The number of nitrogens with zero attached hydrogens (tertiary/aromatic N) is 5. The molecule has 14 aromatic rings. The Morgan fingerprint density at radius 3 is 1.34 bits per heavy atom. The third-order valence-electron chi connectivity index (χ3n) is 13.6. The van der Waals surface area contributed by atoms with Crippen LogP contribution >= 0.6 is 0 Å². The van der Waals surface area contributed by atoms with Gasteiger partial charge < -0.3 is 4.57 Å². The summed E-state index contributed by atoms with van der Waals surface area (Å²) in [6.07, 6.45) is 5.80. The monoisotopic (exact) mass is 811 g/mol. The van der Waals surface area contributed by atoms with Gasteiger partial charge in [-0.15, -0.1) is 0 Å². The Morgan fingerprint density at radius 2 is 0.781 bits per heavy atom. The zero-order chi connectivity index (χ0) is 42.0. The molecule has 0 amide bonds. The minimum Gasteiger partial charge on any atom is -0.307 e. The molecule has 14 rings (SSSR count). The summed E-state index contributed by atoms with van der Waals surface area (Å²) in [6.45, 7) is 0. The summed E-state index contributed by atoms with van der Waals surface area (Å²) >= 11 is 0. The van der Waals surface area contributed by atoms with Crippen LogP contribution in [0, 0.1) is 11.3 Å². The first-order chi connectivity index (χ1) is 31.8. The number of hydrogen-bond donors (Lipinski definition) is 0. The Hall–Kier alpha value is -8.85. The predicted molar refractivity (Wildman–Crippen MR) is 264 cm³/mol. The van der Waals surface area contributed by atoms with Crippen molar-refractivity contribution >= 4 is 86.8 Å². The largest absolute Gasteiger partial charge is 0.307 e. The molecule has 0 bridgehead atoms. The van der Waals surface area contributed by atoms with E-state index >= 15 is 0 Å². The highest BCUT2D eigenvalue weighted by Gasteiger charge is 2.33. The molecular formula is C59H33N5. The van der Waals surface area contributed by atoms with Crippen LogP contribution in [0.1, 0.15) is 5.56 Å². The highest BCUT2D eigenvalue weighted by atomic mass is 15.1. The lowest BCUT2D eigenvalue weighted by Gasteiger charge is -2.27. The van der Waals surface area contributed by atoms with Gasteiger partial charge in [-0.2, -0.15) is 5.26 Å². The van der Waals surface area contributed by atoms with Crippen molar-refractivity contribution in [3.05, 3.63) is 206 Å². The lowest BCUT2D eigenvalue weighted by atomic mass is 9.82. The van der Waals surface area contributed by atoms with Crippen molar-refractivity contribution in [3.63, 3.8) is 0 Å². The van der Waals surface area contributed by atoms with Crippen molar-refractivity contribution in [1.29, 1.82) is 5.26 Å². The first-order valence-corrected chi connectivity index (χ1v) is 21.6. The summed E-state index contributed by atoms with van der Waals surface area (Å²) in [5.41, 5.74) is 12.1. The number of fused-ring (bicyclic) bond motifs is 6. The molecule has 0 aliphatic heterocycles. The SMILES string of the molecule is N#Cc1c(-n2c3cccc4c5ccncc5c5cccc2c5c43)c(-c2ccccc2)c(-c2ccccc2)c(-c2ccccc2)c1-n1c2cccc3c4ccccc4c4ccnc1c4c32. The fourth-order valence-corrected chi connectivity index (χ4v) is 11.2. The van der Waals surface area contributed by atoms with Gasteiger partial charge in [0, 0.05) is 62.2 Å². The van der Waals surface area contributed by atoms with E-state index in [1.54, 1.807) is 0 Å². The summed E-state index contributed by atoms with van der Waals surface area (Å²) in [6, 6.07) is 67.6. The number of hydrogen-bond acceptors (Lipinski definition) is 3. The van der Waals surface area contributed by atoms with Crippen molar-refractivity contribution in [2.45, 2.75) is 0 Å². The molecule has 0 fully saturated rings. The second-order valence-corrected chi connectivity index (χ2v) is 16.7. The number of aromatic nitrogens is 4. The Kier molecular flexibility index (Phi) is 7.12. The fourth-order valence-electron chi connectivity index (χ4n) is 11.2. The van der Waals surface area contributed by atoms with Gasteiger partial charge in [0.2, 0.25) is 0 Å². The number of rotatable bonds is 5. The maximum Gasteiger partial charge on any atom is 0.146 e. The van der Waals surface area contributed by atoms with Crippen LogP contribution in [0.15, 0.2) is 201 Å². The molecule has 5 nitrogen and oxygen atoms in total. The Balaban J connectivity index is 1.30. The lowest BCUT2D eigenvalue weighted by molar-refractivity contribution is 1.10. The molecule has 0 saturated carbocycles. The molecule has 294 valence electrons. The summed E-state index contributed by atoms with van der Waals surface area (Å²) in [5, 5.41) is 26.1. The van der Waals surface area contributed by atoms with Crippen molar-refractivity contribution in [2.75, 3.05) is 0 Å². The molecular weight excluding hydrogens is 779 g/mol. The smallest absolute Gasteiger partial charge is 0.146 e. The van der Waals surface area contributed by atoms with Gasteiger partial charge >= 0.3 is 0 Å². The van der Waals surface area contributed by atoms with Crippen LogP contribution in [-0.2, 0) is 0 Å². The minimum absolute atomic E-state index is 0.554. The van der Waals surface area contributed by atoms with Gasteiger partial charge in [0.15, 0.2) is 0 Å². The Bertz CT molecular complexity index is 3810.